The van der Waals surface area contributed by atoms with Crippen molar-refractivity contribution in [1.29, 1.82) is 0 Å². The van der Waals surface area contributed by atoms with Crippen LogP contribution >= 0.6 is 11.6 Å². The molecule has 2 aromatic rings. The first kappa shape index (κ1) is 15.5. The van der Waals surface area contributed by atoms with Crippen molar-refractivity contribution < 1.29 is 9.59 Å². The lowest BCUT2D eigenvalue weighted by molar-refractivity contribution is -0.114. The highest BCUT2D eigenvalue weighted by molar-refractivity contribution is 6.31. The molecule has 0 atom stereocenters. The molecule has 0 aromatic heterocycles. The first-order chi connectivity index (χ1) is 12.0. The summed E-state index contributed by atoms with van der Waals surface area (Å²) >= 11 is 6.20. The summed E-state index contributed by atoms with van der Waals surface area (Å²) < 4.78 is 0. The van der Waals surface area contributed by atoms with Gasteiger partial charge in [0.25, 0.3) is 5.91 Å². The normalized spacial score (nSPS) is 16.3. The van der Waals surface area contributed by atoms with Crippen molar-refractivity contribution in [2.24, 2.45) is 0 Å². The van der Waals surface area contributed by atoms with Crippen LogP contribution in [0.2, 0.25) is 5.02 Å². The van der Waals surface area contributed by atoms with E-state index in [-0.39, 0.29) is 11.9 Å². The Kier molecular flexibility index (Phi) is 3.43. The van der Waals surface area contributed by atoms with E-state index in [1.165, 1.54) is 4.90 Å². The quantitative estimate of drug-likeness (QED) is 0.822. The molecule has 0 aliphatic carbocycles. The molecular formula is C18H15ClN4O2. The third-order valence-electron chi connectivity index (χ3n) is 4.37. The molecule has 0 spiro atoms. The Hall–Kier alpha value is -2.99. The number of hydrogen-bond acceptors (Lipinski definition) is 3. The minimum Gasteiger partial charge on any atom is -0.281 e. The Morgan fingerprint density at radius 1 is 0.880 bits per heavy atom. The molecule has 0 bridgehead atoms. The highest BCUT2D eigenvalue weighted by atomic mass is 35.5. The number of para-hydroxylation sites is 1. The van der Waals surface area contributed by atoms with E-state index in [1.807, 2.05) is 31.2 Å². The number of urea groups is 1. The second-order valence-corrected chi connectivity index (χ2v) is 6.36. The highest BCUT2D eigenvalue weighted by Gasteiger charge is 2.38. The van der Waals surface area contributed by atoms with Crippen molar-refractivity contribution >= 4 is 40.6 Å². The van der Waals surface area contributed by atoms with Gasteiger partial charge in [-0.3, -0.25) is 15.1 Å². The molecular weight excluding hydrogens is 340 g/mol. The summed E-state index contributed by atoms with van der Waals surface area (Å²) in [4.78, 5) is 28.6. The lowest BCUT2D eigenvalue weighted by atomic mass is 10.1. The Balaban J connectivity index is 2.04. The maximum Gasteiger partial charge on any atom is 0.346 e. The molecule has 4 rings (SSSR count). The van der Waals surface area contributed by atoms with E-state index >= 15 is 0 Å². The van der Waals surface area contributed by atoms with E-state index in [1.54, 1.807) is 30.0 Å². The maximum absolute atomic E-state index is 13.2. The number of aryl methyl sites for hydroxylation is 1. The van der Waals surface area contributed by atoms with E-state index in [9.17, 15) is 9.59 Å². The van der Waals surface area contributed by atoms with Crippen LogP contribution in [0.1, 0.15) is 12.5 Å². The number of anilines is 3. The Labute approximate surface area is 149 Å². The number of fused-ring (bicyclic) bond motifs is 3. The summed E-state index contributed by atoms with van der Waals surface area (Å²) in [7, 11) is 0. The summed E-state index contributed by atoms with van der Waals surface area (Å²) in [5.74, 6) is 0.203. The van der Waals surface area contributed by atoms with Gasteiger partial charge < -0.3 is 0 Å². The maximum atomic E-state index is 13.2. The number of carbonyl (C=O) groups excluding carboxylic acids is 2. The lowest BCUT2D eigenvalue weighted by Crippen LogP contribution is -2.31. The zero-order chi connectivity index (χ0) is 17.7. The monoisotopic (exact) mass is 354 g/mol. The van der Waals surface area contributed by atoms with Crippen LogP contribution in [0.25, 0.3) is 0 Å². The van der Waals surface area contributed by atoms with Crippen LogP contribution in [0.4, 0.5) is 21.9 Å². The minimum atomic E-state index is -0.350. The fourth-order valence-corrected chi connectivity index (χ4v) is 3.28. The van der Waals surface area contributed by atoms with Gasteiger partial charge in [-0.25, -0.2) is 15.1 Å². The molecule has 1 fully saturated rings. The van der Waals surface area contributed by atoms with Crippen molar-refractivity contribution in [1.82, 2.24) is 10.9 Å². The van der Waals surface area contributed by atoms with Crippen LogP contribution < -0.4 is 20.7 Å². The standard InChI is InChI=1S/C18H15ClN4O2/c1-10-5-3-4-6-13(10)22-15-9-12(19)7-8-14(15)23-16(11(2)17(22)24)20-21-18(23)25/h3-9,20H,1-2H3,(H,21,25). The molecule has 1 saturated heterocycles. The predicted octanol–water partition coefficient (Wildman–Crippen LogP) is 3.59. The van der Waals surface area contributed by atoms with E-state index in [4.69, 9.17) is 11.6 Å². The fraction of sp³-hybridized carbons (Fsp3) is 0.111. The molecule has 2 N–H and O–H groups in total. The van der Waals surface area contributed by atoms with Crippen molar-refractivity contribution in [2.45, 2.75) is 13.8 Å². The molecule has 6 nitrogen and oxygen atoms in total. The summed E-state index contributed by atoms with van der Waals surface area (Å²) in [5.41, 5.74) is 8.58. The molecule has 0 saturated carbocycles. The van der Waals surface area contributed by atoms with Crippen molar-refractivity contribution in [3.8, 4) is 0 Å². The zero-order valence-electron chi connectivity index (χ0n) is 13.6. The predicted molar refractivity (Wildman–Crippen MR) is 96.6 cm³/mol. The Morgan fingerprint density at radius 3 is 2.40 bits per heavy atom. The number of rotatable bonds is 1. The van der Waals surface area contributed by atoms with Gasteiger partial charge >= 0.3 is 6.03 Å². The lowest BCUT2D eigenvalue weighted by Gasteiger charge is -2.26. The second-order valence-electron chi connectivity index (χ2n) is 5.92. The van der Waals surface area contributed by atoms with E-state index in [0.717, 1.165) is 11.3 Å². The Morgan fingerprint density at radius 2 is 1.64 bits per heavy atom. The second kappa shape index (κ2) is 5.53. The van der Waals surface area contributed by atoms with Crippen LogP contribution in [0.5, 0.6) is 0 Å². The summed E-state index contributed by atoms with van der Waals surface area (Å²) in [6, 6.07) is 12.4. The van der Waals surface area contributed by atoms with Gasteiger partial charge in [0.05, 0.1) is 22.6 Å². The molecule has 0 unspecified atom stereocenters. The SMILES string of the molecule is CC1=C2NNC(=O)N2c2ccc(Cl)cc2N(c2ccccc2C)C1=O. The molecule has 2 aliphatic heterocycles. The van der Waals surface area contributed by atoms with Crippen LogP contribution in [-0.4, -0.2) is 11.9 Å². The van der Waals surface area contributed by atoms with Crippen molar-refractivity contribution in [3.05, 3.63) is 64.4 Å². The highest BCUT2D eigenvalue weighted by Crippen LogP contribution is 2.42. The van der Waals surface area contributed by atoms with Crippen LogP contribution in [0.3, 0.4) is 0 Å². The average Bonchev–Trinajstić information content (AvgIpc) is 2.94. The van der Waals surface area contributed by atoms with Gasteiger partial charge in [-0.15, -0.1) is 0 Å². The third-order valence-corrected chi connectivity index (χ3v) is 4.60. The van der Waals surface area contributed by atoms with Crippen molar-refractivity contribution in [2.75, 3.05) is 9.80 Å². The van der Waals surface area contributed by atoms with Gasteiger partial charge in [0.1, 0.15) is 5.82 Å². The number of benzene rings is 2. The minimum absolute atomic E-state index is 0.223. The van der Waals surface area contributed by atoms with Gasteiger partial charge in [0.15, 0.2) is 0 Å². The smallest absolute Gasteiger partial charge is 0.281 e. The fourth-order valence-electron chi connectivity index (χ4n) is 3.11. The van der Waals surface area contributed by atoms with E-state index in [2.05, 4.69) is 10.9 Å². The molecule has 126 valence electrons. The number of carbonyl (C=O) groups is 2. The van der Waals surface area contributed by atoms with Gasteiger partial charge in [-0.05, 0) is 43.7 Å². The van der Waals surface area contributed by atoms with E-state index < -0.39 is 0 Å². The number of hydrazine groups is 1. The Bertz CT molecular complexity index is 954. The molecule has 2 aliphatic rings. The van der Waals surface area contributed by atoms with Gasteiger partial charge in [-0.2, -0.15) is 0 Å². The molecule has 0 radical (unpaired) electrons. The average molecular weight is 355 g/mol. The number of amides is 3. The molecule has 3 amide bonds. The van der Waals surface area contributed by atoms with Gasteiger partial charge in [0, 0.05) is 5.02 Å². The summed E-state index contributed by atoms with van der Waals surface area (Å²) in [6.07, 6.45) is 0. The topological polar surface area (TPSA) is 64.7 Å². The zero-order valence-corrected chi connectivity index (χ0v) is 14.4. The van der Waals surface area contributed by atoms with Crippen LogP contribution in [-0.2, 0) is 4.79 Å². The summed E-state index contributed by atoms with van der Waals surface area (Å²) in [5, 5.41) is 0.485. The summed E-state index contributed by atoms with van der Waals surface area (Å²) in [6.45, 7) is 3.63. The molecule has 2 aromatic carbocycles. The largest absolute Gasteiger partial charge is 0.346 e. The van der Waals surface area contributed by atoms with Crippen LogP contribution in [0, 0.1) is 6.92 Å². The molecule has 2 heterocycles. The van der Waals surface area contributed by atoms with Crippen molar-refractivity contribution in [3.63, 3.8) is 0 Å². The molecule has 25 heavy (non-hydrogen) atoms. The number of nitrogens with one attached hydrogen (secondary N) is 2. The first-order valence-electron chi connectivity index (χ1n) is 7.75. The third kappa shape index (κ3) is 2.26. The van der Waals surface area contributed by atoms with Gasteiger partial charge in [0.2, 0.25) is 0 Å². The number of nitrogens with zero attached hydrogens (tertiary/aromatic N) is 2. The molecule has 7 heteroatoms. The van der Waals surface area contributed by atoms with Gasteiger partial charge in [-0.1, -0.05) is 29.8 Å². The van der Waals surface area contributed by atoms with E-state index in [0.29, 0.717) is 27.8 Å². The van der Waals surface area contributed by atoms with Crippen LogP contribution in [0.15, 0.2) is 53.9 Å². The first-order valence-corrected chi connectivity index (χ1v) is 8.13. The number of halogens is 1. The number of hydrogen-bond donors (Lipinski definition) is 2.